The van der Waals surface area contributed by atoms with Crippen molar-refractivity contribution >= 4 is 64.4 Å². The number of aliphatic hydroxyl groups is 1. The molecule has 3 atom stereocenters. The summed E-state index contributed by atoms with van der Waals surface area (Å²) in [4.78, 5) is 99.0. The number of carboxylic acids is 3. The van der Waals surface area contributed by atoms with E-state index in [-0.39, 0.29) is 25.3 Å². The third kappa shape index (κ3) is 18.3. The molecular weight excluding hydrogens is 860 g/mol. The average molecular weight is 913 g/mol. The summed E-state index contributed by atoms with van der Waals surface area (Å²) in [6.45, 7) is 0.996. The molecule has 4 amide bonds. The predicted molar refractivity (Wildman–Crippen MR) is 225 cm³/mol. The number of esters is 1. The van der Waals surface area contributed by atoms with Crippen molar-refractivity contribution in [3.8, 4) is 16.9 Å². The van der Waals surface area contributed by atoms with Gasteiger partial charge in [-0.05, 0) is 24.5 Å². The van der Waals surface area contributed by atoms with Crippen molar-refractivity contribution in [2.75, 3.05) is 52.8 Å². The van der Waals surface area contributed by atoms with Crippen molar-refractivity contribution in [3.63, 3.8) is 0 Å². The monoisotopic (exact) mass is 912 g/mol. The van der Waals surface area contributed by atoms with Gasteiger partial charge in [-0.2, -0.15) is 4.58 Å². The van der Waals surface area contributed by atoms with Gasteiger partial charge in [0.2, 0.25) is 30.4 Å². The molecule has 2 heterocycles. The molecule has 1 fully saturated rings. The van der Waals surface area contributed by atoms with Crippen LogP contribution in [-0.4, -0.2) is 140 Å². The predicted octanol–water partition coefficient (Wildman–Crippen LogP) is -3.51. The molecule has 3 aromatic rings. The number of morpholine rings is 1. The van der Waals surface area contributed by atoms with E-state index in [0.29, 0.717) is 48.6 Å². The number of para-hydroxylation sites is 1. The molecule has 352 valence electrons. The summed E-state index contributed by atoms with van der Waals surface area (Å²) < 4.78 is 25.2. The van der Waals surface area contributed by atoms with Crippen LogP contribution in [0.1, 0.15) is 39.0 Å². The lowest BCUT2D eigenvalue weighted by atomic mass is 10.0. The van der Waals surface area contributed by atoms with Crippen molar-refractivity contribution in [2.24, 2.45) is 16.5 Å². The van der Waals surface area contributed by atoms with Crippen LogP contribution in [0.15, 0.2) is 64.0 Å². The molecule has 1 aliphatic heterocycles. The molecule has 1 saturated heterocycles. The first-order chi connectivity index (χ1) is 31.0. The molecular formula is C41H52N8O16. The Bertz CT molecular complexity index is 2250. The van der Waals surface area contributed by atoms with Crippen LogP contribution in [0.4, 0.5) is 0 Å². The number of benzene rings is 2. The van der Waals surface area contributed by atoms with Gasteiger partial charge in [-0.1, -0.05) is 42.5 Å². The lowest BCUT2D eigenvalue weighted by molar-refractivity contribution is -0.309. The molecule has 0 aliphatic carbocycles. The number of nitrogens with zero attached hydrogens (tertiary/aromatic N) is 2. The van der Waals surface area contributed by atoms with Gasteiger partial charge in [0.05, 0.1) is 49.5 Å². The van der Waals surface area contributed by atoms with Crippen molar-refractivity contribution in [3.05, 3.63) is 60.2 Å². The summed E-state index contributed by atoms with van der Waals surface area (Å²) in [5.41, 5.74) is 13.6. The van der Waals surface area contributed by atoms with Gasteiger partial charge in [-0.15, -0.1) is 0 Å². The zero-order valence-corrected chi connectivity index (χ0v) is 35.3. The Balaban J connectivity index is 0.00000269. The number of nitrogens with two attached hydrogens (primary N) is 2. The number of nitrogens with one attached hydrogen (secondary N) is 4. The van der Waals surface area contributed by atoms with E-state index in [0.717, 1.165) is 18.1 Å². The molecule has 24 nitrogen and oxygen atoms in total. The number of amides is 4. The van der Waals surface area contributed by atoms with Crippen LogP contribution in [0.25, 0.3) is 22.1 Å². The van der Waals surface area contributed by atoms with E-state index < -0.39 is 105 Å². The van der Waals surface area contributed by atoms with E-state index in [4.69, 9.17) is 50.2 Å². The Kier molecular flexibility index (Phi) is 21.3. The van der Waals surface area contributed by atoms with E-state index >= 15 is 0 Å². The van der Waals surface area contributed by atoms with Crippen LogP contribution in [0.3, 0.4) is 0 Å². The SMILES string of the molecule is CC(=O)O.NC(N)=NCCC[C@H](NC(=O)CCC(=O)OCOc1cc(=[N+]2CCOCC2)oc2c(-c3ccccc3)cccc12)C(=O)NCC(=O)N[C@@H](CC(=O)O)C(=O)N[C@@H](CO)C(=O)[O-]. The van der Waals surface area contributed by atoms with Gasteiger partial charge in [-0.3, -0.25) is 38.6 Å². The first-order valence-corrected chi connectivity index (χ1v) is 20.0. The highest BCUT2D eigenvalue weighted by Crippen LogP contribution is 2.32. The molecule has 4 rings (SSSR count). The number of carbonyl (C=O) groups excluding carboxylic acids is 6. The molecule has 1 aliphatic rings. The number of hydrogen-bond donors (Lipinski definition) is 9. The van der Waals surface area contributed by atoms with Crippen LogP contribution in [0.2, 0.25) is 0 Å². The summed E-state index contributed by atoms with van der Waals surface area (Å²) in [5, 5.41) is 46.0. The maximum Gasteiger partial charge on any atom is 0.371 e. The third-order valence-electron chi connectivity index (χ3n) is 8.97. The Morgan fingerprint density at radius 3 is 2.18 bits per heavy atom. The minimum absolute atomic E-state index is 0.0280. The maximum absolute atomic E-state index is 13.1. The highest BCUT2D eigenvalue weighted by molar-refractivity contribution is 5.96. The lowest BCUT2D eigenvalue weighted by Gasteiger charge is -2.22. The quantitative estimate of drug-likeness (QED) is 0.0118. The van der Waals surface area contributed by atoms with Crippen LogP contribution in [0, 0.1) is 0 Å². The van der Waals surface area contributed by atoms with Gasteiger partial charge in [0, 0.05) is 25.5 Å². The summed E-state index contributed by atoms with van der Waals surface area (Å²) in [6.07, 6.45) is -1.61. The van der Waals surface area contributed by atoms with Crippen molar-refractivity contribution in [2.45, 2.75) is 57.2 Å². The largest absolute Gasteiger partial charge is 0.548 e. The van der Waals surface area contributed by atoms with E-state index in [9.17, 15) is 38.7 Å². The molecule has 0 radical (unpaired) electrons. The minimum atomic E-state index is -1.88. The molecule has 0 saturated carbocycles. The summed E-state index contributed by atoms with van der Waals surface area (Å²) >= 11 is 0. The fourth-order valence-electron chi connectivity index (χ4n) is 5.93. The highest BCUT2D eigenvalue weighted by Gasteiger charge is 2.27. The van der Waals surface area contributed by atoms with Crippen molar-refractivity contribution in [1.82, 2.24) is 25.8 Å². The van der Waals surface area contributed by atoms with Crippen LogP contribution < -0.4 is 52.7 Å². The Morgan fingerprint density at radius 1 is 0.877 bits per heavy atom. The highest BCUT2D eigenvalue weighted by atomic mass is 16.7. The molecule has 65 heavy (non-hydrogen) atoms. The number of carboxylic acid groups (broad SMARTS) is 3. The molecule has 24 heteroatoms. The molecule has 0 bridgehead atoms. The van der Waals surface area contributed by atoms with Gasteiger partial charge in [0.1, 0.15) is 31.0 Å². The second kappa shape index (κ2) is 26.8. The van der Waals surface area contributed by atoms with Crippen molar-refractivity contribution in [1.29, 1.82) is 0 Å². The van der Waals surface area contributed by atoms with Crippen molar-refractivity contribution < 1.29 is 77.4 Å². The Hall–Kier alpha value is -7.60. The smallest absolute Gasteiger partial charge is 0.371 e. The second-order valence-corrected chi connectivity index (χ2v) is 14.0. The molecule has 0 unspecified atom stereocenters. The summed E-state index contributed by atoms with van der Waals surface area (Å²) in [6, 6.07) is 12.0. The van der Waals surface area contributed by atoms with Crippen LogP contribution in [-0.2, 0) is 47.8 Å². The van der Waals surface area contributed by atoms with Gasteiger partial charge in [0.25, 0.3) is 5.97 Å². The second-order valence-electron chi connectivity index (χ2n) is 14.0. The number of aliphatic imine (C=N–C) groups is 1. The third-order valence-corrected chi connectivity index (χ3v) is 8.97. The number of rotatable bonds is 22. The van der Waals surface area contributed by atoms with Crippen LogP contribution in [0.5, 0.6) is 5.75 Å². The molecule has 11 N–H and O–H groups in total. The van der Waals surface area contributed by atoms with E-state index in [1.807, 2.05) is 58.4 Å². The van der Waals surface area contributed by atoms with E-state index in [2.05, 4.69) is 20.9 Å². The number of ether oxygens (including phenoxy) is 3. The number of carbonyl (C=O) groups is 8. The topological polar surface area (TPSA) is 377 Å². The van der Waals surface area contributed by atoms with Crippen LogP contribution >= 0.6 is 0 Å². The normalized spacial score (nSPS) is 13.3. The maximum atomic E-state index is 13.1. The number of aliphatic hydroxyl groups excluding tert-OH is 1. The van der Waals surface area contributed by atoms with Gasteiger partial charge < -0.3 is 76.6 Å². The molecule has 0 spiro atoms. The van der Waals surface area contributed by atoms with E-state index in [1.54, 1.807) is 6.07 Å². The zero-order valence-electron chi connectivity index (χ0n) is 35.3. The fraction of sp³-hybridized carbons (Fsp3) is 0.415. The van der Waals surface area contributed by atoms with Gasteiger partial charge in [0.15, 0.2) is 24.6 Å². The summed E-state index contributed by atoms with van der Waals surface area (Å²) in [5.74, 6) is -8.72. The zero-order chi connectivity index (χ0) is 47.9. The first-order valence-electron chi connectivity index (χ1n) is 20.0. The molecule has 2 aromatic carbocycles. The first kappa shape index (κ1) is 51.7. The molecule has 1 aromatic heterocycles. The average Bonchev–Trinajstić information content (AvgIpc) is 3.27. The standard InChI is InChI=1S/C39H48N8O14.C2H4O2/c40-39(41)42-13-5-10-26(36(54)43-20-31(50)45-27(18-33(51)52)37(55)46-28(21-48)38(56)57)44-30(49)11-12-34(53)60-22-59-29-19-32(47-14-16-58-17-15-47)61-35-24(8-4-9-25(29)35)23-6-2-1-3-7-23;1-2(3)4/h1-4,6-9,19,26-28,48H,5,10-18,20-22H2,(H9-,40,41,42,43,44,45,46,49,50,51,52,54,55,56,57);1H3,(H,3,4)/t26-,27-,28-;/m0./s1. The number of guanidine groups is 1. The minimum Gasteiger partial charge on any atom is -0.548 e. The summed E-state index contributed by atoms with van der Waals surface area (Å²) in [7, 11) is 0. The van der Waals surface area contributed by atoms with Gasteiger partial charge in [-0.25, -0.2) is 0 Å². The Morgan fingerprint density at radius 2 is 1.55 bits per heavy atom. The van der Waals surface area contributed by atoms with E-state index in [1.165, 1.54) is 0 Å². The number of aliphatic carboxylic acids is 3. The lowest BCUT2D eigenvalue weighted by Crippen LogP contribution is -2.57. The van der Waals surface area contributed by atoms with Gasteiger partial charge >= 0.3 is 17.5 Å². The number of fused-ring (bicyclic) bond motifs is 1. The Labute approximate surface area is 370 Å². The number of hydrogen-bond acceptors (Lipinski definition) is 15. The fourth-order valence-corrected chi connectivity index (χ4v) is 5.93.